The first-order valence-electron chi connectivity index (χ1n) is 11.4. The minimum atomic E-state index is 0.947. The van der Waals surface area contributed by atoms with E-state index in [1.54, 1.807) is 11.3 Å². The average Bonchev–Trinajstić information content (AvgIpc) is 3.40. The van der Waals surface area contributed by atoms with Crippen LogP contribution in [0.2, 0.25) is 0 Å². The lowest BCUT2D eigenvalue weighted by Gasteiger charge is -2.11. The van der Waals surface area contributed by atoms with E-state index in [0.717, 1.165) is 33.0 Å². The molecule has 0 aliphatic carbocycles. The highest BCUT2D eigenvalue weighted by Crippen LogP contribution is 2.45. The van der Waals surface area contributed by atoms with Gasteiger partial charge in [-0.2, -0.15) is 0 Å². The van der Waals surface area contributed by atoms with E-state index in [4.69, 9.17) is 0 Å². The van der Waals surface area contributed by atoms with Crippen molar-refractivity contribution in [3.05, 3.63) is 102 Å². The molecule has 166 valence electrons. The van der Waals surface area contributed by atoms with Gasteiger partial charge in [-0.05, 0) is 56.0 Å². The van der Waals surface area contributed by atoms with Gasteiger partial charge in [0, 0.05) is 32.3 Å². The highest BCUT2D eigenvalue weighted by Gasteiger charge is 2.20. The second-order valence-corrected chi connectivity index (χ2v) is 9.07. The Balaban J connectivity index is 1.81. The number of benzene rings is 3. The summed E-state index contributed by atoms with van der Waals surface area (Å²) in [6.07, 6.45) is 10.4. The second-order valence-electron chi connectivity index (χ2n) is 8.07. The standard InChI is InChI=1S/C31H26N2S/c1-5-11-26-25-19-20-28-29(30(25)34-31(26)32-4)24(7-3)27(12-6-2)33(28)23-17-15-22(16-18-23)21-13-9-8-10-14-21/h5-20H,3-4H2,1-2H3/b11-5-,12-6-. The number of aliphatic imine (C=N–C) groups is 1. The molecule has 0 saturated heterocycles. The Kier molecular flexibility index (Phi) is 5.87. The van der Waals surface area contributed by atoms with E-state index in [-0.39, 0.29) is 0 Å². The Morgan fingerprint density at radius 3 is 2.18 bits per heavy atom. The Morgan fingerprint density at radius 1 is 0.824 bits per heavy atom. The van der Waals surface area contributed by atoms with Crippen molar-refractivity contribution >= 4 is 62.3 Å². The summed E-state index contributed by atoms with van der Waals surface area (Å²) in [7, 11) is 0. The molecule has 0 amide bonds. The van der Waals surface area contributed by atoms with Gasteiger partial charge in [0.1, 0.15) is 5.00 Å². The zero-order valence-corrected chi connectivity index (χ0v) is 20.3. The molecule has 0 fully saturated rings. The van der Waals surface area contributed by atoms with E-state index in [1.807, 2.05) is 19.1 Å². The quantitative estimate of drug-likeness (QED) is 0.225. The molecule has 0 spiro atoms. The first-order chi connectivity index (χ1) is 16.7. The number of allylic oxidation sites excluding steroid dienone is 2. The van der Waals surface area contributed by atoms with E-state index in [9.17, 15) is 0 Å². The average molecular weight is 459 g/mol. The van der Waals surface area contributed by atoms with Crippen molar-refractivity contribution in [1.29, 1.82) is 0 Å². The molecule has 0 unspecified atom stereocenters. The van der Waals surface area contributed by atoms with Gasteiger partial charge in [0.15, 0.2) is 0 Å². The van der Waals surface area contributed by atoms with Crippen LogP contribution in [-0.2, 0) is 0 Å². The minimum Gasteiger partial charge on any atom is -0.309 e. The zero-order chi connectivity index (χ0) is 23.7. The summed E-state index contributed by atoms with van der Waals surface area (Å²) in [4.78, 5) is 4.32. The molecule has 0 N–H and O–H groups in total. The van der Waals surface area contributed by atoms with Crippen LogP contribution in [-0.4, -0.2) is 11.3 Å². The third kappa shape index (κ3) is 3.46. The number of rotatable bonds is 6. The normalized spacial score (nSPS) is 11.8. The van der Waals surface area contributed by atoms with Crippen LogP contribution in [0.3, 0.4) is 0 Å². The Labute approximate surface area is 204 Å². The van der Waals surface area contributed by atoms with Crippen LogP contribution in [0.5, 0.6) is 0 Å². The molecule has 0 aliphatic heterocycles. The molecule has 0 aliphatic rings. The largest absolute Gasteiger partial charge is 0.309 e. The van der Waals surface area contributed by atoms with Crippen molar-refractivity contribution in [3.8, 4) is 16.8 Å². The molecular weight excluding hydrogens is 432 g/mol. The van der Waals surface area contributed by atoms with Crippen molar-refractivity contribution in [2.75, 3.05) is 0 Å². The molecule has 2 aromatic heterocycles. The van der Waals surface area contributed by atoms with Gasteiger partial charge >= 0.3 is 0 Å². The van der Waals surface area contributed by atoms with Crippen molar-refractivity contribution in [2.45, 2.75) is 13.8 Å². The van der Waals surface area contributed by atoms with Gasteiger partial charge in [0.05, 0.1) is 11.2 Å². The molecule has 5 aromatic rings. The second kappa shape index (κ2) is 9.12. The molecule has 0 radical (unpaired) electrons. The summed E-state index contributed by atoms with van der Waals surface area (Å²) < 4.78 is 3.55. The maximum absolute atomic E-state index is 4.32. The van der Waals surface area contributed by atoms with Gasteiger partial charge < -0.3 is 4.57 Å². The van der Waals surface area contributed by atoms with Gasteiger partial charge in [-0.25, -0.2) is 0 Å². The number of aromatic nitrogens is 1. The van der Waals surface area contributed by atoms with Gasteiger partial charge in [-0.15, -0.1) is 11.3 Å². The van der Waals surface area contributed by atoms with E-state index < -0.39 is 0 Å². The first kappa shape index (κ1) is 21.9. The van der Waals surface area contributed by atoms with E-state index in [0.29, 0.717) is 0 Å². The molecular formula is C31H26N2S. The van der Waals surface area contributed by atoms with Crippen molar-refractivity contribution < 1.29 is 0 Å². The van der Waals surface area contributed by atoms with Crippen LogP contribution in [0.25, 0.3) is 56.0 Å². The van der Waals surface area contributed by atoms with Gasteiger partial charge in [0.2, 0.25) is 0 Å². The monoisotopic (exact) mass is 458 g/mol. The lowest BCUT2D eigenvalue weighted by Crippen LogP contribution is -1.97. The molecule has 2 heterocycles. The summed E-state index contributed by atoms with van der Waals surface area (Å²) >= 11 is 1.69. The number of thiophene rings is 1. The molecule has 5 rings (SSSR count). The summed E-state index contributed by atoms with van der Waals surface area (Å²) in [6.45, 7) is 12.1. The molecule has 0 bridgehead atoms. The van der Waals surface area contributed by atoms with Crippen molar-refractivity contribution in [1.82, 2.24) is 4.57 Å². The van der Waals surface area contributed by atoms with E-state index >= 15 is 0 Å². The predicted molar refractivity (Wildman–Crippen MR) is 153 cm³/mol. The van der Waals surface area contributed by atoms with Gasteiger partial charge in [0.25, 0.3) is 0 Å². The topological polar surface area (TPSA) is 17.3 Å². The molecule has 3 aromatic carbocycles. The van der Waals surface area contributed by atoms with Gasteiger partial charge in [-0.3, -0.25) is 4.99 Å². The fourth-order valence-electron chi connectivity index (χ4n) is 4.67. The van der Waals surface area contributed by atoms with E-state index in [2.05, 4.69) is 115 Å². The van der Waals surface area contributed by atoms with Crippen molar-refractivity contribution in [3.63, 3.8) is 0 Å². The number of hydrogen-bond donors (Lipinski definition) is 0. The molecule has 3 heteroatoms. The Hall–Kier alpha value is -3.95. The highest BCUT2D eigenvalue weighted by molar-refractivity contribution is 7.24. The smallest absolute Gasteiger partial charge is 0.123 e. The third-order valence-electron chi connectivity index (χ3n) is 6.12. The third-order valence-corrected chi connectivity index (χ3v) is 7.29. The molecule has 0 atom stereocenters. The fourth-order valence-corrected chi connectivity index (χ4v) is 5.82. The first-order valence-corrected chi connectivity index (χ1v) is 12.2. The van der Waals surface area contributed by atoms with E-state index in [1.165, 1.54) is 26.6 Å². The van der Waals surface area contributed by atoms with Crippen LogP contribution < -0.4 is 0 Å². The van der Waals surface area contributed by atoms with Gasteiger partial charge in [-0.1, -0.05) is 79.4 Å². The molecule has 0 saturated carbocycles. The maximum atomic E-state index is 4.32. The Bertz CT molecular complexity index is 1580. The summed E-state index contributed by atoms with van der Waals surface area (Å²) in [5.41, 5.74) is 8.09. The highest BCUT2D eigenvalue weighted by atomic mass is 32.1. The molecule has 34 heavy (non-hydrogen) atoms. The number of nitrogens with zero attached hydrogens (tertiary/aromatic N) is 2. The lowest BCUT2D eigenvalue weighted by molar-refractivity contribution is 1.11. The number of hydrogen-bond acceptors (Lipinski definition) is 2. The number of fused-ring (bicyclic) bond motifs is 3. The SMILES string of the molecule is C=Cc1c(/C=C\C)n(-c2ccc(-c3ccccc3)cc2)c2ccc3c(/C=C\C)c(N=C)sc3c12. The summed E-state index contributed by atoms with van der Waals surface area (Å²) in [5, 5.41) is 3.35. The van der Waals surface area contributed by atoms with Crippen LogP contribution in [0.1, 0.15) is 30.7 Å². The zero-order valence-electron chi connectivity index (χ0n) is 19.5. The van der Waals surface area contributed by atoms with Crippen LogP contribution in [0.15, 0.2) is 90.5 Å². The molecule has 2 nitrogen and oxygen atoms in total. The summed E-state index contributed by atoms with van der Waals surface area (Å²) in [6, 6.07) is 23.7. The van der Waals surface area contributed by atoms with Crippen LogP contribution in [0, 0.1) is 0 Å². The lowest BCUT2D eigenvalue weighted by atomic mass is 10.1. The Morgan fingerprint density at radius 2 is 1.53 bits per heavy atom. The minimum absolute atomic E-state index is 0.947. The van der Waals surface area contributed by atoms with Crippen LogP contribution >= 0.6 is 11.3 Å². The fraction of sp³-hybridized carbons (Fsp3) is 0.0645. The van der Waals surface area contributed by atoms with Crippen molar-refractivity contribution in [2.24, 2.45) is 4.99 Å². The van der Waals surface area contributed by atoms with Crippen LogP contribution in [0.4, 0.5) is 5.00 Å². The maximum Gasteiger partial charge on any atom is 0.123 e. The predicted octanol–water partition coefficient (Wildman–Crippen LogP) is 9.55. The summed E-state index contributed by atoms with van der Waals surface area (Å²) in [5.74, 6) is 0.